The van der Waals surface area contributed by atoms with E-state index in [1.807, 2.05) is 12.1 Å². The zero-order valence-corrected chi connectivity index (χ0v) is 13.3. The number of hydrogen-bond acceptors (Lipinski definition) is 3. The van der Waals surface area contributed by atoms with Gasteiger partial charge in [-0.2, -0.15) is 5.26 Å². The molecule has 5 heteroatoms. The fraction of sp³-hybridized carbons (Fsp3) is 0.222. The number of nitrogens with zero attached hydrogens (tertiary/aromatic N) is 2. The van der Waals surface area contributed by atoms with Crippen molar-refractivity contribution in [2.75, 3.05) is 18.4 Å². The van der Waals surface area contributed by atoms with E-state index >= 15 is 0 Å². The summed E-state index contributed by atoms with van der Waals surface area (Å²) in [6.45, 7) is 1.92. The molecule has 1 N–H and O–H groups in total. The minimum Gasteiger partial charge on any atom is -0.324 e. The Labute approximate surface area is 140 Å². The van der Waals surface area contributed by atoms with E-state index in [-0.39, 0.29) is 5.91 Å². The summed E-state index contributed by atoms with van der Waals surface area (Å²) in [5.41, 5.74) is 3.49. The third kappa shape index (κ3) is 3.70. The van der Waals surface area contributed by atoms with Crippen molar-refractivity contribution in [1.29, 1.82) is 5.26 Å². The van der Waals surface area contributed by atoms with Crippen LogP contribution < -0.4 is 5.32 Å². The van der Waals surface area contributed by atoms with E-state index in [4.69, 9.17) is 16.9 Å². The van der Waals surface area contributed by atoms with E-state index in [1.165, 1.54) is 11.1 Å². The van der Waals surface area contributed by atoms with Crippen LogP contribution in [0, 0.1) is 11.3 Å². The number of rotatable bonds is 3. The first-order valence-electron chi connectivity index (χ1n) is 7.44. The van der Waals surface area contributed by atoms with Gasteiger partial charge in [0.25, 0.3) is 0 Å². The van der Waals surface area contributed by atoms with Crippen molar-refractivity contribution in [3.05, 3.63) is 64.2 Å². The summed E-state index contributed by atoms with van der Waals surface area (Å²) < 4.78 is 0. The van der Waals surface area contributed by atoms with Gasteiger partial charge >= 0.3 is 0 Å². The Kier molecular flexibility index (Phi) is 4.61. The number of fused-ring (bicyclic) bond motifs is 1. The third-order valence-electron chi connectivity index (χ3n) is 3.95. The van der Waals surface area contributed by atoms with Gasteiger partial charge in [-0.3, -0.25) is 9.69 Å². The van der Waals surface area contributed by atoms with E-state index in [0.29, 0.717) is 22.8 Å². The zero-order chi connectivity index (χ0) is 16.2. The second kappa shape index (κ2) is 6.82. The van der Waals surface area contributed by atoms with Gasteiger partial charge in [0.15, 0.2) is 0 Å². The van der Waals surface area contributed by atoms with Gasteiger partial charge in [-0.05, 0) is 35.7 Å². The van der Waals surface area contributed by atoms with Gasteiger partial charge in [0.2, 0.25) is 5.91 Å². The van der Waals surface area contributed by atoms with Gasteiger partial charge in [0, 0.05) is 18.1 Å². The summed E-state index contributed by atoms with van der Waals surface area (Å²) in [5, 5.41) is 12.4. The number of hydrogen-bond donors (Lipinski definition) is 1. The summed E-state index contributed by atoms with van der Waals surface area (Å²) in [6.07, 6.45) is 0.948. The molecule has 0 radical (unpaired) electrons. The van der Waals surface area contributed by atoms with Gasteiger partial charge in [-0.25, -0.2) is 0 Å². The van der Waals surface area contributed by atoms with Crippen molar-refractivity contribution in [3.8, 4) is 6.07 Å². The molecule has 116 valence electrons. The molecule has 23 heavy (non-hydrogen) atoms. The van der Waals surface area contributed by atoms with E-state index in [0.717, 1.165) is 19.5 Å². The van der Waals surface area contributed by atoms with E-state index in [9.17, 15) is 4.79 Å². The lowest BCUT2D eigenvalue weighted by Crippen LogP contribution is -2.37. The van der Waals surface area contributed by atoms with Crippen molar-refractivity contribution < 1.29 is 4.79 Å². The predicted molar refractivity (Wildman–Crippen MR) is 90.2 cm³/mol. The Morgan fingerprint density at radius 2 is 2.04 bits per heavy atom. The second-order valence-electron chi connectivity index (χ2n) is 5.58. The van der Waals surface area contributed by atoms with Crippen molar-refractivity contribution >= 4 is 23.2 Å². The quantitative estimate of drug-likeness (QED) is 0.942. The lowest BCUT2D eigenvalue weighted by molar-refractivity contribution is -0.117. The molecule has 0 unspecified atom stereocenters. The first kappa shape index (κ1) is 15.5. The highest BCUT2D eigenvalue weighted by Crippen LogP contribution is 2.21. The van der Waals surface area contributed by atoms with E-state index in [2.05, 4.69) is 28.4 Å². The first-order chi connectivity index (χ1) is 11.2. The molecule has 2 aromatic carbocycles. The maximum Gasteiger partial charge on any atom is 0.238 e. The molecule has 0 aliphatic carbocycles. The summed E-state index contributed by atoms with van der Waals surface area (Å²) in [5.74, 6) is -0.136. The highest BCUT2D eigenvalue weighted by molar-refractivity contribution is 6.31. The monoisotopic (exact) mass is 325 g/mol. The molecular formula is C18H16ClN3O. The molecule has 0 atom stereocenters. The highest BCUT2D eigenvalue weighted by Gasteiger charge is 2.18. The molecule has 0 aromatic heterocycles. The maximum absolute atomic E-state index is 12.3. The van der Waals surface area contributed by atoms with Gasteiger partial charge in [-0.1, -0.05) is 35.9 Å². The lowest BCUT2D eigenvalue weighted by atomic mass is 10.00. The van der Waals surface area contributed by atoms with Gasteiger partial charge in [-0.15, -0.1) is 0 Å². The van der Waals surface area contributed by atoms with Crippen LogP contribution in [0.2, 0.25) is 5.02 Å². The average Bonchev–Trinajstić information content (AvgIpc) is 2.55. The van der Waals surface area contributed by atoms with Crippen molar-refractivity contribution in [1.82, 2.24) is 4.90 Å². The molecule has 2 aromatic rings. The third-order valence-corrected chi connectivity index (χ3v) is 4.19. The largest absolute Gasteiger partial charge is 0.324 e. The lowest BCUT2D eigenvalue weighted by Gasteiger charge is -2.28. The fourth-order valence-corrected chi connectivity index (χ4v) is 2.97. The number of benzene rings is 2. The SMILES string of the molecule is N#Cc1ccc(Cl)cc1NC(=O)CN1CCc2ccccc2C1. The van der Waals surface area contributed by atoms with Crippen molar-refractivity contribution in [2.24, 2.45) is 0 Å². The number of nitriles is 1. The smallest absolute Gasteiger partial charge is 0.238 e. The number of nitrogens with one attached hydrogen (secondary N) is 1. The van der Waals surface area contributed by atoms with Crippen LogP contribution in [0.4, 0.5) is 5.69 Å². The molecule has 0 saturated carbocycles. The number of amides is 1. The molecule has 1 aliphatic heterocycles. The van der Waals surface area contributed by atoms with Crippen molar-refractivity contribution in [3.63, 3.8) is 0 Å². The standard InChI is InChI=1S/C18H16ClN3O/c19-16-6-5-14(10-20)17(9-16)21-18(23)12-22-8-7-13-3-1-2-4-15(13)11-22/h1-6,9H,7-8,11-12H2,(H,21,23). The Balaban J connectivity index is 1.65. The van der Waals surface area contributed by atoms with Crippen LogP contribution in [0.1, 0.15) is 16.7 Å². The fourth-order valence-electron chi connectivity index (χ4n) is 2.80. The van der Waals surface area contributed by atoms with E-state index in [1.54, 1.807) is 18.2 Å². The van der Waals surface area contributed by atoms with Crippen molar-refractivity contribution in [2.45, 2.75) is 13.0 Å². The molecule has 3 rings (SSSR count). The molecule has 0 fully saturated rings. The Bertz CT molecular complexity index is 782. The topological polar surface area (TPSA) is 56.1 Å². The molecule has 1 aliphatic rings. The number of halogens is 1. The number of anilines is 1. The van der Waals surface area contributed by atoms with E-state index < -0.39 is 0 Å². The Morgan fingerprint density at radius 1 is 1.26 bits per heavy atom. The van der Waals surface area contributed by atoms with Crippen LogP contribution in [0.5, 0.6) is 0 Å². The Hall–Kier alpha value is -2.35. The zero-order valence-electron chi connectivity index (χ0n) is 12.6. The van der Waals surface area contributed by atoms with Gasteiger partial charge in [0.1, 0.15) is 6.07 Å². The first-order valence-corrected chi connectivity index (χ1v) is 7.82. The van der Waals surface area contributed by atoms with Crippen LogP contribution in [-0.2, 0) is 17.8 Å². The van der Waals surface area contributed by atoms with Gasteiger partial charge < -0.3 is 5.32 Å². The molecule has 0 saturated heterocycles. The summed E-state index contributed by atoms with van der Waals surface area (Å²) >= 11 is 5.93. The van der Waals surface area contributed by atoms with Gasteiger partial charge in [0.05, 0.1) is 17.8 Å². The van der Waals surface area contributed by atoms with Crippen LogP contribution in [0.3, 0.4) is 0 Å². The Morgan fingerprint density at radius 3 is 2.83 bits per heavy atom. The molecular weight excluding hydrogens is 310 g/mol. The normalized spacial score (nSPS) is 13.9. The highest BCUT2D eigenvalue weighted by atomic mass is 35.5. The average molecular weight is 326 g/mol. The minimum atomic E-state index is -0.136. The summed E-state index contributed by atoms with van der Waals surface area (Å²) in [6, 6.07) is 15.2. The molecule has 0 bridgehead atoms. The van der Waals surface area contributed by atoms with Crippen LogP contribution >= 0.6 is 11.6 Å². The minimum absolute atomic E-state index is 0.136. The predicted octanol–water partition coefficient (Wildman–Crippen LogP) is 3.21. The van der Waals surface area contributed by atoms with Crippen LogP contribution in [0.25, 0.3) is 0 Å². The molecule has 1 amide bonds. The number of carbonyl (C=O) groups is 1. The summed E-state index contributed by atoms with van der Waals surface area (Å²) in [7, 11) is 0. The van der Waals surface area contributed by atoms with Crippen LogP contribution in [0.15, 0.2) is 42.5 Å². The molecule has 4 nitrogen and oxygen atoms in total. The van der Waals surface area contributed by atoms with Crippen LogP contribution in [-0.4, -0.2) is 23.9 Å². The summed E-state index contributed by atoms with van der Waals surface area (Å²) in [4.78, 5) is 14.4. The maximum atomic E-state index is 12.3. The molecule has 1 heterocycles. The molecule has 0 spiro atoms. The second-order valence-corrected chi connectivity index (χ2v) is 6.02. The number of carbonyl (C=O) groups excluding carboxylic acids is 1.